The van der Waals surface area contributed by atoms with E-state index < -0.39 is 0 Å². The molecule has 17 heavy (non-hydrogen) atoms. The lowest BCUT2D eigenvalue weighted by atomic mass is 9.94. The van der Waals surface area contributed by atoms with Crippen LogP contribution in [-0.2, 0) is 9.53 Å². The summed E-state index contributed by atoms with van der Waals surface area (Å²) in [7, 11) is 0. The molecule has 0 spiro atoms. The van der Waals surface area contributed by atoms with E-state index in [4.69, 9.17) is 14.2 Å². The largest absolute Gasteiger partial charge is 0.484 e. The zero-order chi connectivity index (χ0) is 12.2. The second-order valence-corrected chi connectivity index (χ2v) is 4.98. The van der Waals surface area contributed by atoms with Gasteiger partial charge in [0.15, 0.2) is 0 Å². The molecule has 0 aliphatic carbocycles. The van der Waals surface area contributed by atoms with Gasteiger partial charge in [-0.3, -0.25) is 4.79 Å². The Morgan fingerprint density at radius 3 is 2.88 bits per heavy atom. The van der Waals surface area contributed by atoms with Crippen LogP contribution in [0.1, 0.15) is 32.4 Å². The van der Waals surface area contributed by atoms with Gasteiger partial charge >= 0.3 is 5.97 Å². The lowest BCUT2D eigenvalue weighted by Gasteiger charge is -2.29. The molecule has 0 radical (unpaired) electrons. The quantitative estimate of drug-likeness (QED) is 0.424. The van der Waals surface area contributed by atoms with Gasteiger partial charge in [-0.05, 0) is 26.0 Å². The van der Waals surface area contributed by atoms with Crippen molar-refractivity contribution >= 4 is 5.97 Å². The molecule has 2 atom stereocenters. The van der Waals surface area contributed by atoms with Gasteiger partial charge in [-0.15, -0.1) is 0 Å². The third-order valence-electron chi connectivity index (χ3n) is 3.10. The minimum absolute atomic E-state index is 0.125. The maximum atomic E-state index is 10.9. The molecule has 3 rings (SSSR count). The standard InChI is InChI=1S/C13H14O4/c1-7(14)15-8-4-5-9-10(6-8)17-13(2,3)12-11(9)16-12/h4-6,11-12H,1-3H3. The molecule has 2 aliphatic heterocycles. The van der Waals surface area contributed by atoms with Gasteiger partial charge in [0.1, 0.15) is 29.3 Å². The van der Waals surface area contributed by atoms with Crippen LogP contribution in [0.15, 0.2) is 18.2 Å². The first-order chi connectivity index (χ1) is 7.97. The van der Waals surface area contributed by atoms with Crippen LogP contribution in [-0.4, -0.2) is 17.7 Å². The Morgan fingerprint density at radius 2 is 2.18 bits per heavy atom. The van der Waals surface area contributed by atoms with Crippen LogP contribution in [0.25, 0.3) is 0 Å². The molecule has 1 aromatic carbocycles. The molecule has 0 amide bonds. The normalized spacial score (nSPS) is 27.5. The zero-order valence-corrected chi connectivity index (χ0v) is 10.0. The van der Waals surface area contributed by atoms with Crippen molar-refractivity contribution in [3.63, 3.8) is 0 Å². The van der Waals surface area contributed by atoms with Crippen LogP contribution in [0, 0.1) is 0 Å². The highest BCUT2D eigenvalue weighted by molar-refractivity contribution is 5.69. The minimum Gasteiger partial charge on any atom is -0.484 e. The van der Waals surface area contributed by atoms with Crippen molar-refractivity contribution in [2.45, 2.75) is 38.6 Å². The number of ether oxygens (including phenoxy) is 3. The van der Waals surface area contributed by atoms with Gasteiger partial charge in [0.05, 0.1) is 0 Å². The number of hydrogen-bond acceptors (Lipinski definition) is 4. The van der Waals surface area contributed by atoms with E-state index in [1.54, 1.807) is 12.1 Å². The highest BCUT2D eigenvalue weighted by Crippen LogP contribution is 2.54. The minimum atomic E-state index is -0.333. The van der Waals surface area contributed by atoms with E-state index in [-0.39, 0.29) is 23.8 Å². The molecular weight excluding hydrogens is 220 g/mol. The van der Waals surface area contributed by atoms with Gasteiger partial charge < -0.3 is 14.2 Å². The Labute approximate surface area is 99.5 Å². The molecule has 4 nitrogen and oxygen atoms in total. The first kappa shape index (κ1) is 10.6. The van der Waals surface area contributed by atoms with Crippen LogP contribution in [0.3, 0.4) is 0 Å². The van der Waals surface area contributed by atoms with Crippen molar-refractivity contribution in [3.05, 3.63) is 23.8 Å². The maximum absolute atomic E-state index is 10.9. The lowest BCUT2D eigenvalue weighted by molar-refractivity contribution is -0.131. The highest BCUT2D eigenvalue weighted by atomic mass is 16.6. The number of carbonyl (C=O) groups excluding carboxylic acids is 1. The summed E-state index contributed by atoms with van der Waals surface area (Å²) in [6.07, 6.45) is 0.259. The molecule has 1 fully saturated rings. The van der Waals surface area contributed by atoms with E-state index in [1.165, 1.54) is 6.92 Å². The number of benzene rings is 1. The fraction of sp³-hybridized carbons (Fsp3) is 0.462. The number of rotatable bonds is 1. The maximum Gasteiger partial charge on any atom is 0.308 e. The number of hydrogen-bond donors (Lipinski definition) is 0. The Balaban J connectivity index is 1.96. The van der Waals surface area contributed by atoms with Gasteiger partial charge in [0, 0.05) is 18.6 Å². The topological polar surface area (TPSA) is 48.1 Å². The van der Waals surface area contributed by atoms with Crippen LogP contribution in [0.2, 0.25) is 0 Å². The Kier molecular flexibility index (Phi) is 2.01. The van der Waals surface area contributed by atoms with Gasteiger partial charge in [-0.25, -0.2) is 0 Å². The molecule has 1 saturated heterocycles. The summed E-state index contributed by atoms with van der Waals surface area (Å²) in [5.41, 5.74) is 0.706. The van der Waals surface area contributed by atoms with Gasteiger partial charge in [0.2, 0.25) is 0 Å². The van der Waals surface area contributed by atoms with Crippen molar-refractivity contribution in [1.82, 2.24) is 0 Å². The van der Waals surface area contributed by atoms with E-state index in [0.29, 0.717) is 5.75 Å². The van der Waals surface area contributed by atoms with Crippen molar-refractivity contribution in [2.75, 3.05) is 0 Å². The molecule has 2 unspecified atom stereocenters. The lowest BCUT2D eigenvalue weighted by Crippen LogP contribution is -2.37. The summed E-state index contributed by atoms with van der Waals surface area (Å²) in [5.74, 6) is 0.916. The molecule has 4 heteroatoms. The second kappa shape index (κ2) is 3.23. The van der Waals surface area contributed by atoms with Crippen molar-refractivity contribution < 1.29 is 19.0 Å². The molecule has 0 N–H and O–H groups in total. The zero-order valence-electron chi connectivity index (χ0n) is 10.0. The smallest absolute Gasteiger partial charge is 0.308 e. The first-order valence-corrected chi connectivity index (χ1v) is 5.64. The number of fused-ring (bicyclic) bond motifs is 3. The van der Waals surface area contributed by atoms with E-state index in [0.717, 1.165) is 11.3 Å². The van der Waals surface area contributed by atoms with Gasteiger partial charge in [-0.1, -0.05) is 0 Å². The highest BCUT2D eigenvalue weighted by Gasteiger charge is 2.56. The summed E-state index contributed by atoms with van der Waals surface area (Å²) in [6, 6.07) is 5.41. The number of esters is 1. The molecule has 0 saturated carbocycles. The number of epoxide rings is 1. The molecule has 0 aromatic heterocycles. The molecule has 2 aliphatic rings. The Bertz CT molecular complexity index is 492. The number of carbonyl (C=O) groups is 1. The van der Waals surface area contributed by atoms with Crippen LogP contribution >= 0.6 is 0 Å². The average Bonchev–Trinajstić information content (AvgIpc) is 2.95. The third-order valence-corrected chi connectivity index (χ3v) is 3.10. The summed E-state index contributed by atoms with van der Waals surface area (Å²) < 4.78 is 16.5. The summed E-state index contributed by atoms with van der Waals surface area (Å²) in [5, 5.41) is 0. The van der Waals surface area contributed by atoms with E-state index in [9.17, 15) is 4.79 Å². The molecule has 90 valence electrons. The average molecular weight is 234 g/mol. The molecule has 0 bridgehead atoms. The summed E-state index contributed by atoms with van der Waals surface area (Å²) in [4.78, 5) is 10.9. The SMILES string of the molecule is CC(=O)Oc1ccc2c(c1)OC(C)(C)C1OC21. The van der Waals surface area contributed by atoms with Crippen molar-refractivity contribution in [3.8, 4) is 11.5 Å². The summed E-state index contributed by atoms with van der Waals surface area (Å²) in [6.45, 7) is 5.38. The van der Waals surface area contributed by atoms with E-state index in [2.05, 4.69) is 0 Å². The predicted octanol–water partition coefficient (Wildman–Crippen LogP) is 2.22. The van der Waals surface area contributed by atoms with Gasteiger partial charge in [-0.2, -0.15) is 0 Å². The summed E-state index contributed by atoms with van der Waals surface area (Å²) >= 11 is 0. The van der Waals surface area contributed by atoms with Gasteiger partial charge in [0.25, 0.3) is 0 Å². The molecular formula is C13H14O4. The van der Waals surface area contributed by atoms with Crippen LogP contribution in [0.4, 0.5) is 0 Å². The van der Waals surface area contributed by atoms with E-state index in [1.807, 2.05) is 19.9 Å². The fourth-order valence-electron chi connectivity index (χ4n) is 2.29. The van der Waals surface area contributed by atoms with Crippen molar-refractivity contribution in [2.24, 2.45) is 0 Å². The van der Waals surface area contributed by atoms with Crippen LogP contribution in [0.5, 0.6) is 11.5 Å². The third kappa shape index (κ3) is 1.69. The monoisotopic (exact) mass is 234 g/mol. The molecule has 1 aromatic rings. The van der Waals surface area contributed by atoms with E-state index >= 15 is 0 Å². The predicted molar refractivity (Wildman–Crippen MR) is 60.1 cm³/mol. The van der Waals surface area contributed by atoms with Crippen LogP contribution < -0.4 is 9.47 Å². The molecule has 2 heterocycles. The Hall–Kier alpha value is -1.55. The second-order valence-electron chi connectivity index (χ2n) is 4.98. The first-order valence-electron chi connectivity index (χ1n) is 5.64. The fourth-order valence-corrected chi connectivity index (χ4v) is 2.29. The Morgan fingerprint density at radius 1 is 1.41 bits per heavy atom. The van der Waals surface area contributed by atoms with Crippen molar-refractivity contribution in [1.29, 1.82) is 0 Å².